The third-order valence-electron chi connectivity index (χ3n) is 3.52. The van der Waals surface area contributed by atoms with Gasteiger partial charge in [-0.2, -0.15) is 5.26 Å². The molecule has 0 unspecified atom stereocenters. The largest absolute Gasteiger partial charge is 0.207 e. The molecule has 0 N–H and O–H groups in total. The Morgan fingerprint density at radius 2 is 1.44 bits per heavy atom. The molecule has 0 aliphatic rings. The fourth-order valence-electron chi connectivity index (χ4n) is 2.25. The number of benzene rings is 3. The number of allylic oxidation sites excluding steroid dienone is 1. The molecule has 0 atom stereocenters. The number of hydrogen-bond acceptors (Lipinski definition) is 2. The number of rotatable bonds is 4. The second kappa shape index (κ2) is 8.02. The molecule has 0 aromatic heterocycles. The van der Waals surface area contributed by atoms with Crippen LogP contribution in [0.3, 0.4) is 0 Å². The van der Waals surface area contributed by atoms with Crippen LogP contribution in [0, 0.1) is 17.1 Å². The summed E-state index contributed by atoms with van der Waals surface area (Å²) in [4.78, 5) is 2.21. The maximum atomic E-state index is 13.0. The summed E-state index contributed by atoms with van der Waals surface area (Å²) in [6, 6.07) is 23.7. The van der Waals surface area contributed by atoms with Gasteiger partial charge in [-0.15, -0.1) is 0 Å². The average Bonchev–Trinajstić information content (AvgIpc) is 2.64. The summed E-state index contributed by atoms with van der Waals surface area (Å²) in [7, 11) is 0. The van der Waals surface area contributed by atoms with Gasteiger partial charge in [-0.1, -0.05) is 47.6 Å². The highest BCUT2D eigenvalue weighted by Gasteiger charge is 2.02. The van der Waals surface area contributed by atoms with Gasteiger partial charge in [0.05, 0.1) is 11.6 Å². The van der Waals surface area contributed by atoms with Crippen molar-refractivity contribution in [2.45, 2.75) is 9.79 Å². The Hall–Kier alpha value is -2.54. The molecular formula is C21H13ClFNS. The summed E-state index contributed by atoms with van der Waals surface area (Å²) in [6.45, 7) is 0. The first-order valence-corrected chi connectivity index (χ1v) is 8.75. The molecule has 0 heterocycles. The van der Waals surface area contributed by atoms with Crippen LogP contribution in [0.15, 0.2) is 82.6 Å². The van der Waals surface area contributed by atoms with Crippen LogP contribution < -0.4 is 0 Å². The molecule has 0 bridgehead atoms. The van der Waals surface area contributed by atoms with Crippen LogP contribution in [0.4, 0.5) is 4.39 Å². The SMILES string of the molecule is N#C/C(=C/c1ccc(Sc2ccc(Cl)cc2)cc1)c1ccc(F)cc1. The van der Waals surface area contributed by atoms with E-state index in [-0.39, 0.29) is 5.82 Å². The molecule has 0 saturated heterocycles. The van der Waals surface area contributed by atoms with Crippen molar-refractivity contribution in [3.63, 3.8) is 0 Å². The zero-order valence-corrected chi connectivity index (χ0v) is 14.7. The van der Waals surface area contributed by atoms with E-state index in [0.717, 1.165) is 20.4 Å². The summed E-state index contributed by atoms with van der Waals surface area (Å²) >= 11 is 7.54. The lowest BCUT2D eigenvalue weighted by Crippen LogP contribution is -1.83. The molecule has 3 aromatic carbocycles. The normalized spacial score (nSPS) is 11.2. The Labute approximate surface area is 155 Å². The Morgan fingerprint density at radius 3 is 2.00 bits per heavy atom. The lowest BCUT2D eigenvalue weighted by Gasteiger charge is -2.03. The molecule has 0 fully saturated rings. The van der Waals surface area contributed by atoms with Crippen LogP contribution in [0.5, 0.6) is 0 Å². The fraction of sp³-hybridized carbons (Fsp3) is 0. The Kier molecular flexibility index (Phi) is 5.55. The van der Waals surface area contributed by atoms with Gasteiger partial charge in [0.15, 0.2) is 0 Å². The van der Waals surface area contributed by atoms with E-state index in [1.54, 1.807) is 30.0 Å². The van der Waals surface area contributed by atoms with E-state index in [9.17, 15) is 9.65 Å². The van der Waals surface area contributed by atoms with Gasteiger partial charge in [0.1, 0.15) is 5.82 Å². The second-order valence-corrected chi connectivity index (χ2v) is 6.89. The van der Waals surface area contributed by atoms with Gasteiger partial charge in [-0.3, -0.25) is 0 Å². The third-order valence-corrected chi connectivity index (χ3v) is 4.78. The minimum atomic E-state index is -0.315. The molecule has 0 amide bonds. The zero-order valence-electron chi connectivity index (χ0n) is 13.1. The third kappa shape index (κ3) is 4.73. The van der Waals surface area contributed by atoms with E-state index in [0.29, 0.717) is 11.1 Å². The summed E-state index contributed by atoms with van der Waals surface area (Å²) in [5.41, 5.74) is 2.11. The molecule has 3 rings (SSSR count). The van der Waals surface area contributed by atoms with Gasteiger partial charge in [0, 0.05) is 14.8 Å². The molecular weight excluding hydrogens is 353 g/mol. The fourth-order valence-corrected chi connectivity index (χ4v) is 3.19. The molecule has 0 spiro atoms. The van der Waals surface area contributed by atoms with Gasteiger partial charge >= 0.3 is 0 Å². The Balaban J connectivity index is 1.78. The molecule has 0 aliphatic carbocycles. The summed E-state index contributed by atoms with van der Waals surface area (Å²) in [6.07, 6.45) is 1.80. The van der Waals surface area contributed by atoms with Gasteiger partial charge in [-0.25, -0.2) is 4.39 Å². The Bertz CT molecular complexity index is 924. The highest BCUT2D eigenvalue weighted by atomic mass is 35.5. The molecule has 0 aliphatic heterocycles. The summed E-state index contributed by atoms with van der Waals surface area (Å²) in [5.74, 6) is -0.315. The number of nitriles is 1. The van der Waals surface area contributed by atoms with Crippen molar-refractivity contribution < 1.29 is 4.39 Å². The van der Waals surface area contributed by atoms with Crippen LogP contribution in [0.2, 0.25) is 5.02 Å². The molecule has 25 heavy (non-hydrogen) atoms. The molecule has 122 valence electrons. The summed E-state index contributed by atoms with van der Waals surface area (Å²) < 4.78 is 13.0. The van der Waals surface area contributed by atoms with Crippen LogP contribution in [0.25, 0.3) is 11.6 Å². The lowest BCUT2D eigenvalue weighted by atomic mass is 10.0. The van der Waals surface area contributed by atoms with E-state index in [1.807, 2.05) is 48.5 Å². The molecule has 1 nitrogen and oxygen atoms in total. The van der Waals surface area contributed by atoms with Crippen LogP contribution >= 0.6 is 23.4 Å². The highest BCUT2D eigenvalue weighted by molar-refractivity contribution is 7.99. The minimum Gasteiger partial charge on any atom is -0.207 e. The van der Waals surface area contributed by atoms with Gasteiger partial charge in [-0.05, 0) is 65.7 Å². The lowest BCUT2D eigenvalue weighted by molar-refractivity contribution is 0.627. The van der Waals surface area contributed by atoms with Crippen molar-refractivity contribution in [2.75, 3.05) is 0 Å². The van der Waals surface area contributed by atoms with Crippen molar-refractivity contribution in [1.82, 2.24) is 0 Å². The number of hydrogen-bond donors (Lipinski definition) is 0. The molecule has 4 heteroatoms. The van der Waals surface area contributed by atoms with Crippen molar-refractivity contribution in [1.29, 1.82) is 5.26 Å². The number of halogens is 2. The van der Waals surface area contributed by atoms with Crippen molar-refractivity contribution in [2.24, 2.45) is 0 Å². The molecule has 0 radical (unpaired) electrons. The van der Waals surface area contributed by atoms with Crippen molar-refractivity contribution in [3.05, 3.63) is 94.8 Å². The van der Waals surface area contributed by atoms with E-state index < -0.39 is 0 Å². The van der Waals surface area contributed by atoms with E-state index >= 15 is 0 Å². The predicted molar refractivity (Wildman–Crippen MR) is 102 cm³/mol. The van der Waals surface area contributed by atoms with Gasteiger partial charge < -0.3 is 0 Å². The highest BCUT2D eigenvalue weighted by Crippen LogP contribution is 2.29. The van der Waals surface area contributed by atoms with Crippen LogP contribution in [-0.2, 0) is 0 Å². The monoisotopic (exact) mass is 365 g/mol. The minimum absolute atomic E-state index is 0.315. The first-order valence-electron chi connectivity index (χ1n) is 7.55. The standard InChI is InChI=1S/C21H13ClFNS/c22-18-5-11-21(12-6-18)25-20-9-1-15(2-10-20)13-17(14-24)16-3-7-19(23)8-4-16/h1-13H/b17-13-. The smallest absolute Gasteiger partial charge is 0.123 e. The second-order valence-electron chi connectivity index (χ2n) is 5.30. The molecule has 3 aromatic rings. The van der Waals surface area contributed by atoms with Crippen molar-refractivity contribution in [3.8, 4) is 6.07 Å². The van der Waals surface area contributed by atoms with Crippen LogP contribution in [0.1, 0.15) is 11.1 Å². The van der Waals surface area contributed by atoms with Crippen molar-refractivity contribution >= 4 is 35.0 Å². The van der Waals surface area contributed by atoms with E-state index in [2.05, 4.69) is 6.07 Å². The zero-order chi connectivity index (χ0) is 17.6. The number of nitrogens with zero attached hydrogens (tertiary/aromatic N) is 1. The van der Waals surface area contributed by atoms with Crippen LogP contribution in [-0.4, -0.2) is 0 Å². The first-order chi connectivity index (χ1) is 12.1. The van der Waals surface area contributed by atoms with Gasteiger partial charge in [0.25, 0.3) is 0 Å². The first kappa shape index (κ1) is 17.3. The Morgan fingerprint density at radius 1 is 0.880 bits per heavy atom. The van der Waals surface area contributed by atoms with Gasteiger partial charge in [0.2, 0.25) is 0 Å². The quantitative estimate of drug-likeness (QED) is 0.379. The average molecular weight is 366 g/mol. The maximum absolute atomic E-state index is 13.0. The maximum Gasteiger partial charge on any atom is 0.123 e. The van der Waals surface area contributed by atoms with E-state index in [1.165, 1.54) is 12.1 Å². The summed E-state index contributed by atoms with van der Waals surface area (Å²) in [5, 5.41) is 10.1. The topological polar surface area (TPSA) is 23.8 Å². The molecule has 0 saturated carbocycles. The van der Waals surface area contributed by atoms with E-state index in [4.69, 9.17) is 11.6 Å². The predicted octanol–water partition coefficient (Wildman–Crippen LogP) is 6.69.